The maximum atomic E-state index is 15.5. The van der Waals surface area contributed by atoms with Crippen LogP contribution in [0.1, 0.15) is 55.1 Å². The Hall–Kier alpha value is -2.44. The lowest BCUT2D eigenvalue weighted by Crippen LogP contribution is -2.30. The van der Waals surface area contributed by atoms with Gasteiger partial charge in [0.2, 0.25) is 0 Å². The molecule has 1 aliphatic heterocycles. The molecule has 2 unspecified atom stereocenters. The number of nitrogens with zero attached hydrogens (tertiary/aromatic N) is 1. The van der Waals surface area contributed by atoms with Crippen LogP contribution in [0.2, 0.25) is 0 Å². The van der Waals surface area contributed by atoms with Crippen molar-refractivity contribution in [3.63, 3.8) is 0 Å². The number of halogens is 2. The summed E-state index contributed by atoms with van der Waals surface area (Å²) in [6.45, 7) is 3.02. The average molecular weight is 532 g/mol. The van der Waals surface area contributed by atoms with Crippen molar-refractivity contribution in [3.8, 4) is 0 Å². The fourth-order valence-corrected chi connectivity index (χ4v) is 12.8. The minimum atomic E-state index is -1.40. The second kappa shape index (κ2) is 12.4. The van der Waals surface area contributed by atoms with Crippen molar-refractivity contribution in [2.45, 2.75) is 43.9 Å². The van der Waals surface area contributed by atoms with Crippen LogP contribution >= 0.6 is 16.1 Å². The highest BCUT2D eigenvalue weighted by molar-refractivity contribution is 7.79. The van der Waals surface area contributed by atoms with Crippen LogP contribution in [-0.2, 0) is 0 Å². The van der Waals surface area contributed by atoms with Crippen LogP contribution < -0.4 is 10.6 Å². The minimum absolute atomic E-state index is 0.250. The van der Waals surface area contributed by atoms with E-state index in [4.69, 9.17) is 0 Å². The molecular formula is C32H33F2NP2. The van der Waals surface area contributed by atoms with Gasteiger partial charge in [0.25, 0.3) is 0 Å². The summed E-state index contributed by atoms with van der Waals surface area (Å²) in [5.74, 6) is -0.500. The van der Waals surface area contributed by atoms with Gasteiger partial charge in [-0.25, -0.2) is 8.78 Å². The van der Waals surface area contributed by atoms with Gasteiger partial charge >= 0.3 is 0 Å². The van der Waals surface area contributed by atoms with Crippen molar-refractivity contribution in [2.75, 3.05) is 6.54 Å². The lowest BCUT2D eigenvalue weighted by Gasteiger charge is -2.42. The summed E-state index contributed by atoms with van der Waals surface area (Å²) >= 11 is 0. The van der Waals surface area contributed by atoms with E-state index in [1.807, 2.05) is 24.3 Å². The summed E-state index contributed by atoms with van der Waals surface area (Å²) in [6.07, 6.45) is 4.18. The topological polar surface area (TPSA) is 3.24 Å². The molecule has 5 heteroatoms. The van der Waals surface area contributed by atoms with Crippen molar-refractivity contribution in [1.82, 2.24) is 4.44 Å². The first-order valence-corrected chi connectivity index (χ1v) is 15.9. The van der Waals surface area contributed by atoms with E-state index < -0.39 is 16.1 Å². The van der Waals surface area contributed by atoms with Gasteiger partial charge in [-0.1, -0.05) is 98.3 Å². The molecule has 1 nitrogen and oxygen atoms in total. The van der Waals surface area contributed by atoms with Gasteiger partial charge in [-0.05, 0) is 62.7 Å². The van der Waals surface area contributed by atoms with Gasteiger partial charge in [0.1, 0.15) is 11.6 Å². The lowest BCUT2D eigenvalue weighted by molar-refractivity contribution is 0.617. The molecule has 3 atom stereocenters. The molecule has 0 saturated carbocycles. The fraction of sp³-hybridized carbons (Fsp3) is 0.250. The van der Waals surface area contributed by atoms with E-state index in [1.54, 1.807) is 12.1 Å². The second-order valence-corrected chi connectivity index (χ2v) is 14.3. The Morgan fingerprint density at radius 2 is 1.11 bits per heavy atom. The second-order valence-electron chi connectivity index (χ2n) is 9.47. The van der Waals surface area contributed by atoms with Crippen molar-refractivity contribution in [3.05, 3.63) is 132 Å². The SMILES string of the molecule is CCCCN(P(c1ccccc1F)c1ccccc1F)P1C(c2ccccc2)CC[C@@H]1c1ccccc1. The first-order chi connectivity index (χ1) is 18.2. The number of benzene rings is 4. The highest BCUT2D eigenvalue weighted by Gasteiger charge is 2.44. The molecule has 0 bridgehead atoms. The fourth-order valence-electron chi connectivity index (χ4n) is 5.35. The Morgan fingerprint density at radius 3 is 1.54 bits per heavy atom. The normalized spacial score (nSPS) is 19.5. The maximum absolute atomic E-state index is 15.5. The monoisotopic (exact) mass is 531 g/mol. The van der Waals surface area contributed by atoms with E-state index in [9.17, 15) is 0 Å². The van der Waals surface area contributed by atoms with Gasteiger partial charge in [0, 0.05) is 36.5 Å². The van der Waals surface area contributed by atoms with Gasteiger partial charge in [-0.3, -0.25) is 4.44 Å². The summed E-state index contributed by atoms with van der Waals surface area (Å²) in [4.78, 5) is 0. The molecule has 1 heterocycles. The standard InChI is InChI=1S/C32H33F2NP2/c1-2-3-24-35(37(31-20-12-10-18-27(31)33)32-21-13-11-19-28(32)34)36-29(25-14-6-4-7-15-25)22-23-30(36)26-16-8-5-9-17-26/h4-21,29-30H,2-3,22-24H2,1H3/t29-,30?,36?/m1/s1. The van der Waals surface area contributed by atoms with Crippen molar-refractivity contribution in [1.29, 1.82) is 0 Å². The van der Waals surface area contributed by atoms with Gasteiger partial charge in [0.05, 0.1) is 0 Å². The zero-order valence-electron chi connectivity index (χ0n) is 21.2. The van der Waals surface area contributed by atoms with Crippen LogP contribution in [0.25, 0.3) is 0 Å². The van der Waals surface area contributed by atoms with Crippen molar-refractivity contribution < 1.29 is 8.78 Å². The molecule has 0 N–H and O–H groups in total. The molecule has 4 aromatic rings. The van der Waals surface area contributed by atoms with Crippen LogP contribution in [0, 0.1) is 11.6 Å². The molecule has 0 aromatic heterocycles. The van der Waals surface area contributed by atoms with Gasteiger partial charge in [-0.15, -0.1) is 0 Å². The maximum Gasteiger partial charge on any atom is 0.132 e. The molecule has 0 amide bonds. The first-order valence-electron chi connectivity index (χ1n) is 13.1. The highest BCUT2D eigenvalue weighted by atomic mass is 31.2. The molecule has 1 aliphatic rings. The molecule has 1 saturated heterocycles. The van der Waals surface area contributed by atoms with Gasteiger partial charge in [0.15, 0.2) is 0 Å². The molecule has 0 spiro atoms. The van der Waals surface area contributed by atoms with Gasteiger partial charge in [-0.2, -0.15) is 0 Å². The van der Waals surface area contributed by atoms with Gasteiger partial charge < -0.3 is 0 Å². The third-order valence-electron chi connectivity index (χ3n) is 7.09. The van der Waals surface area contributed by atoms with E-state index in [0.717, 1.165) is 32.2 Å². The van der Waals surface area contributed by atoms with Crippen molar-refractivity contribution >= 4 is 26.8 Å². The molecule has 5 rings (SSSR count). The third-order valence-corrected chi connectivity index (χ3v) is 13.7. The number of hydrogen-bond acceptors (Lipinski definition) is 1. The quantitative estimate of drug-likeness (QED) is 0.195. The van der Waals surface area contributed by atoms with E-state index in [-0.39, 0.29) is 11.6 Å². The highest BCUT2D eigenvalue weighted by Crippen LogP contribution is 2.76. The minimum Gasteiger partial charge on any atom is -0.251 e. The zero-order chi connectivity index (χ0) is 25.6. The summed E-state index contributed by atoms with van der Waals surface area (Å²) in [7, 11) is -2.18. The Labute approximate surface area is 222 Å². The number of rotatable bonds is 9. The van der Waals surface area contributed by atoms with Crippen LogP contribution in [0.4, 0.5) is 8.78 Å². The summed E-state index contributed by atoms with van der Waals surface area (Å²) in [6, 6.07) is 35.5. The Kier molecular flexibility index (Phi) is 8.78. The predicted molar refractivity (Wildman–Crippen MR) is 155 cm³/mol. The van der Waals surface area contributed by atoms with E-state index in [1.165, 1.54) is 23.3 Å². The van der Waals surface area contributed by atoms with E-state index in [0.29, 0.717) is 21.9 Å². The Balaban J connectivity index is 1.70. The predicted octanol–water partition coefficient (Wildman–Crippen LogP) is 9.09. The molecule has 0 aliphatic carbocycles. The van der Waals surface area contributed by atoms with Crippen molar-refractivity contribution in [2.24, 2.45) is 0 Å². The summed E-state index contributed by atoms with van der Waals surface area (Å²) < 4.78 is 33.6. The van der Waals surface area contributed by atoms with Crippen LogP contribution in [-0.4, -0.2) is 11.0 Å². The van der Waals surface area contributed by atoms with Crippen LogP contribution in [0.5, 0.6) is 0 Å². The third kappa shape index (κ3) is 5.70. The smallest absolute Gasteiger partial charge is 0.132 e. The summed E-state index contributed by atoms with van der Waals surface area (Å²) in [5, 5.41) is 1.23. The van der Waals surface area contributed by atoms with E-state index >= 15 is 8.78 Å². The number of unbranched alkanes of at least 4 members (excludes halogenated alkanes) is 1. The average Bonchev–Trinajstić information content (AvgIpc) is 3.38. The molecule has 190 valence electrons. The first kappa shape index (κ1) is 26.2. The van der Waals surface area contributed by atoms with E-state index in [2.05, 4.69) is 72.0 Å². The Morgan fingerprint density at radius 1 is 0.676 bits per heavy atom. The zero-order valence-corrected chi connectivity index (χ0v) is 23.0. The molecule has 4 aromatic carbocycles. The molecule has 37 heavy (non-hydrogen) atoms. The summed E-state index contributed by atoms with van der Waals surface area (Å²) in [5.41, 5.74) is 3.37. The van der Waals surface area contributed by atoms with Crippen LogP contribution in [0.15, 0.2) is 109 Å². The molecule has 0 radical (unpaired) electrons. The number of hydrogen-bond donors (Lipinski definition) is 0. The Bertz CT molecular complexity index is 1190. The lowest BCUT2D eigenvalue weighted by atomic mass is 10.0. The molecule has 1 fully saturated rings. The van der Waals surface area contributed by atoms with Crippen LogP contribution in [0.3, 0.4) is 0 Å². The largest absolute Gasteiger partial charge is 0.251 e. The molecular weight excluding hydrogens is 498 g/mol.